The number of carbonyl (C=O) groups excluding carboxylic acids is 2. The van der Waals surface area contributed by atoms with Gasteiger partial charge in [-0.3, -0.25) is 19.9 Å². The van der Waals surface area contributed by atoms with E-state index in [9.17, 15) is 9.59 Å². The maximum Gasteiger partial charge on any atom is 0.270 e. The maximum absolute atomic E-state index is 13.0. The van der Waals surface area contributed by atoms with Gasteiger partial charge in [-0.15, -0.1) is 0 Å². The van der Waals surface area contributed by atoms with Gasteiger partial charge >= 0.3 is 0 Å². The second-order valence-corrected chi connectivity index (χ2v) is 10.1. The van der Waals surface area contributed by atoms with Crippen LogP contribution in [0.25, 0.3) is 0 Å². The Kier molecular flexibility index (Phi) is 9.09. The van der Waals surface area contributed by atoms with Crippen LogP contribution in [-0.2, 0) is 9.59 Å². The summed E-state index contributed by atoms with van der Waals surface area (Å²) < 4.78 is 0. The molecular formula is C26H41N7O2. The van der Waals surface area contributed by atoms with Crippen molar-refractivity contribution < 1.29 is 9.59 Å². The van der Waals surface area contributed by atoms with Gasteiger partial charge < -0.3 is 20.4 Å². The summed E-state index contributed by atoms with van der Waals surface area (Å²) in [6, 6.07) is 3.74. The predicted octanol–water partition coefficient (Wildman–Crippen LogP) is 2.46. The molecule has 0 saturated carbocycles. The molecule has 3 saturated heterocycles. The summed E-state index contributed by atoms with van der Waals surface area (Å²) in [7, 11) is 0. The van der Waals surface area contributed by atoms with Crippen LogP contribution in [0.1, 0.15) is 63.9 Å². The van der Waals surface area contributed by atoms with Gasteiger partial charge in [-0.05, 0) is 70.3 Å². The number of pyridine rings is 1. The summed E-state index contributed by atoms with van der Waals surface area (Å²) in [4.78, 5) is 37.4. The number of rotatable bonds is 8. The van der Waals surface area contributed by atoms with Crippen molar-refractivity contribution in [2.45, 2.75) is 64.3 Å². The Morgan fingerprint density at radius 2 is 1.60 bits per heavy atom. The summed E-state index contributed by atoms with van der Waals surface area (Å²) in [6.07, 6.45) is 8.68. The molecule has 4 rings (SSSR count). The van der Waals surface area contributed by atoms with E-state index < -0.39 is 5.91 Å². The highest BCUT2D eigenvalue weighted by Gasteiger charge is 2.25. The summed E-state index contributed by atoms with van der Waals surface area (Å²) in [5, 5.41) is 14.6. The molecule has 9 heteroatoms. The van der Waals surface area contributed by atoms with Crippen LogP contribution < -0.4 is 15.5 Å². The van der Waals surface area contributed by atoms with Crippen LogP contribution >= 0.6 is 0 Å². The molecule has 0 aliphatic carbocycles. The highest BCUT2D eigenvalue weighted by atomic mass is 16.2. The van der Waals surface area contributed by atoms with Crippen molar-refractivity contribution in [1.29, 1.82) is 5.41 Å². The monoisotopic (exact) mass is 483 g/mol. The van der Waals surface area contributed by atoms with Gasteiger partial charge in [0.15, 0.2) is 0 Å². The zero-order valence-corrected chi connectivity index (χ0v) is 21.2. The van der Waals surface area contributed by atoms with Gasteiger partial charge in [0.1, 0.15) is 17.3 Å². The number of hydrogen-bond donors (Lipinski definition) is 3. The molecule has 0 atom stereocenters. The fraction of sp³-hybridized carbons (Fsp3) is 0.692. The molecule has 3 aliphatic rings. The van der Waals surface area contributed by atoms with E-state index in [1.165, 1.54) is 12.8 Å². The molecule has 0 unspecified atom stereocenters. The number of likely N-dealkylation sites (tertiary alicyclic amines) is 2. The Morgan fingerprint density at radius 1 is 0.943 bits per heavy atom. The minimum Gasteiger partial charge on any atom is -0.357 e. The van der Waals surface area contributed by atoms with Crippen LogP contribution in [0, 0.1) is 5.41 Å². The van der Waals surface area contributed by atoms with E-state index >= 15 is 0 Å². The quantitative estimate of drug-likeness (QED) is 0.491. The van der Waals surface area contributed by atoms with Crippen molar-refractivity contribution in [2.24, 2.45) is 0 Å². The number of piperidine rings is 1. The lowest BCUT2D eigenvalue weighted by molar-refractivity contribution is -0.117. The molecule has 1 aromatic rings. The molecule has 3 N–H and O–H groups in total. The average Bonchev–Trinajstić information content (AvgIpc) is 3.22. The molecule has 3 fully saturated rings. The third-order valence-corrected chi connectivity index (χ3v) is 7.50. The number of nitrogens with zero attached hydrogens (tertiary/aromatic N) is 4. The van der Waals surface area contributed by atoms with Gasteiger partial charge in [0, 0.05) is 37.8 Å². The fourth-order valence-corrected chi connectivity index (χ4v) is 5.31. The highest BCUT2D eigenvalue weighted by molar-refractivity contribution is 6.45. The fourth-order valence-electron chi connectivity index (χ4n) is 5.31. The topological polar surface area (TPSA) is 105 Å². The van der Waals surface area contributed by atoms with Crippen molar-refractivity contribution >= 4 is 29.2 Å². The highest BCUT2D eigenvalue weighted by Crippen LogP contribution is 2.23. The van der Waals surface area contributed by atoms with Crippen LogP contribution in [0.5, 0.6) is 0 Å². The van der Waals surface area contributed by atoms with Crippen molar-refractivity contribution in [3.63, 3.8) is 0 Å². The molecule has 3 aliphatic heterocycles. The van der Waals surface area contributed by atoms with Crippen LogP contribution in [0.2, 0.25) is 0 Å². The van der Waals surface area contributed by atoms with E-state index in [1.54, 1.807) is 6.07 Å². The van der Waals surface area contributed by atoms with Crippen LogP contribution in [0.15, 0.2) is 12.1 Å². The Morgan fingerprint density at radius 3 is 2.26 bits per heavy atom. The Labute approximate surface area is 209 Å². The SMILES string of the molecule is CCN1CCC(NC(=O)C(=N)c2ccc(N3CCCCCC3)nc2NC(=O)CN2CCCC2)CC1. The molecule has 0 spiro atoms. The molecule has 1 aromatic heterocycles. The first kappa shape index (κ1) is 25.6. The molecule has 9 nitrogen and oxygen atoms in total. The van der Waals surface area contributed by atoms with Gasteiger partial charge in [-0.2, -0.15) is 0 Å². The average molecular weight is 484 g/mol. The van der Waals surface area contributed by atoms with Crippen LogP contribution in [-0.4, -0.2) is 90.7 Å². The molecule has 0 radical (unpaired) electrons. The molecule has 192 valence electrons. The van der Waals surface area contributed by atoms with Crippen molar-refractivity contribution in [3.8, 4) is 0 Å². The molecule has 2 amide bonds. The first-order valence-corrected chi connectivity index (χ1v) is 13.4. The number of anilines is 2. The first-order chi connectivity index (χ1) is 17.0. The summed E-state index contributed by atoms with van der Waals surface area (Å²) in [6.45, 7) is 9.11. The van der Waals surface area contributed by atoms with E-state index in [2.05, 4.69) is 32.3 Å². The second-order valence-electron chi connectivity index (χ2n) is 10.1. The van der Waals surface area contributed by atoms with Crippen molar-refractivity contribution in [3.05, 3.63) is 17.7 Å². The first-order valence-electron chi connectivity index (χ1n) is 13.4. The molecule has 0 bridgehead atoms. The zero-order chi connectivity index (χ0) is 24.6. The molecule has 0 aromatic carbocycles. The second kappa shape index (κ2) is 12.4. The number of amides is 2. The lowest BCUT2D eigenvalue weighted by Gasteiger charge is -2.31. The van der Waals surface area contributed by atoms with E-state index in [1.807, 2.05) is 6.07 Å². The standard InChI is InChI=1S/C26H41N7O2/c1-2-31-17-11-20(12-18-31)28-26(35)24(27)21-9-10-22(33-15-5-3-4-6-16-33)29-25(21)30-23(34)19-32-13-7-8-14-32/h9-10,20,27H,2-8,11-19H2,1H3,(H,28,35)(H,29,30,34). The summed E-state index contributed by atoms with van der Waals surface area (Å²) >= 11 is 0. The lowest BCUT2D eigenvalue weighted by Crippen LogP contribution is -2.46. The summed E-state index contributed by atoms with van der Waals surface area (Å²) in [5.74, 6) is 0.567. The van der Waals surface area contributed by atoms with Gasteiger partial charge in [-0.1, -0.05) is 19.8 Å². The molecule has 4 heterocycles. The normalized spacial score (nSPS) is 20.4. The number of hydrogen-bond acceptors (Lipinski definition) is 7. The Hall–Kier alpha value is -2.52. The maximum atomic E-state index is 13.0. The van der Waals surface area contributed by atoms with Gasteiger partial charge in [0.05, 0.1) is 6.54 Å². The van der Waals surface area contributed by atoms with Crippen LogP contribution in [0.4, 0.5) is 11.6 Å². The van der Waals surface area contributed by atoms with E-state index in [0.717, 1.165) is 90.2 Å². The van der Waals surface area contributed by atoms with E-state index in [4.69, 9.17) is 10.4 Å². The minimum atomic E-state index is -0.403. The largest absolute Gasteiger partial charge is 0.357 e. The third kappa shape index (κ3) is 7.01. The smallest absolute Gasteiger partial charge is 0.270 e. The lowest BCUT2D eigenvalue weighted by atomic mass is 10.0. The predicted molar refractivity (Wildman–Crippen MR) is 139 cm³/mol. The van der Waals surface area contributed by atoms with Crippen molar-refractivity contribution in [2.75, 3.05) is 62.6 Å². The van der Waals surface area contributed by atoms with E-state index in [0.29, 0.717) is 17.9 Å². The van der Waals surface area contributed by atoms with Gasteiger partial charge in [0.2, 0.25) is 5.91 Å². The molecular weight excluding hydrogens is 442 g/mol. The Balaban J connectivity index is 1.48. The van der Waals surface area contributed by atoms with Gasteiger partial charge in [-0.25, -0.2) is 4.98 Å². The number of aromatic nitrogens is 1. The number of carbonyl (C=O) groups is 2. The number of nitrogens with one attached hydrogen (secondary N) is 3. The molecule has 35 heavy (non-hydrogen) atoms. The summed E-state index contributed by atoms with van der Waals surface area (Å²) in [5.41, 5.74) is 0.233. The zero-order valence-electron chi connectivity index (χ0n) is 21.2. The minimum absolute atomic E-state index is 0.0724. The van der Waals surface area contributed by atoms with Crippen LogP contribution in [0.3, 0.4) is 0 Å². The third-order valence-electron chi connectivity index (χ3n) is 7.50. The van der Waals surface area contributed by atoms with E-state index in [-0.39, 0.29) is 17.7 Å². The Bertz CT molecular complexity index is 884. The van der Waals surface area contributed by atoms with Crippen molar-refractivity contribution in [1.82, 2.24) is 20.1 Å². The van der Waals surface area contributed by atoms with Gasteiger partial charge in [0.25, 0.3) is 5.91 Å².